The van der Waals surface area contributed by atoms with Crippen LogP contribution < -0.4 is 5.32 Å². The fourth-order valence-electron chi connectivity index (χ4n) is 3.96. The van der Waals surface area contributed by atoms with Gasteiger partial charge in [-0.3, -0.25) is 14.7 Å². The molecule has 5 rings (SSSR count). The van der Waals surface area contributed by atoms with Crippen LogP contribution in [0.15, 0.2) is 59.9 Å². The first kappa shape index (κ1) is 23.4. The number of halogens is 1. The minimum absolute atomic E-state index is 0.0321. The summed E-state index contributed by atoms with van der Waals surface area (Å²) < 4.78 is 5.48. The van der Waals surface area contributed by atoms with Gasteiger partial charge in [-0.05, 0) is 43.2 Å². The predicted octanol–water partition coefficient (Wildman–Crippen LogP) is 3.71. The maximum absolute atomic E-state index is 12.7. The molecule has 0 unspecified atom stereocenters. The average Bonchev–Trinajstić information content (AvgIpc) is 3.58. The highest BCUT2D eigenvalue weighted by molar-refractivity contribution is 6.32. The number of carbonyl (C=O) groups excluding carboxylic acids is 2. The maximum Gasteiger partial charge on any atom is 0.275 e. The van der Waals surface area contributed by atoms with Crippen molar-refractivity contribution in [2.45, 2.75) is 18.8 Å². The molecule has 0 saturated carbocycles. The van der Waals surface area contributed by atoms with Crippen LogP contribution in [-0.4, -0.2) is 60.1 Å². The van der Waals surface area contributed by atoms with E-state index in [0.29, 0.717) is 52.6 Å². The van der Waals surface area contributed by atoms with Gasteiger partial charge in [-0.15, -0.1) is 0 Å². The van der Waals surface area contributed by atoms with E-state index in [9.17, 15) is 9.59 Å². The van der Waals surface area contributed by atoms with Gasteiger partial charge in [-0.2, -0.15) is 10.1 Å². The van der Waals surface area contributed by atoms with E-state index in [0.717, 1.165) is 12.8 Å². The van der Waals surface area contributed by atoms with Crippen LogP contribution >= 0.6 is 11.6 Å². The number of rotatable bonds is 6. The van der Waals surface area contributed by atoms with Crippen LogP contribution in [0.4, 0.5) is 5.82 Å². The lowest BCUT2D eigenvalue weighted by Gasteiger charge is -2.30. The Labute approximate surface area is 210 Å². The van der Waals surface area contributed by atoms with E-state index in [2.05, 4.69) is 42.2 Å². The molecule has 36 heavy (non-hydrogen) atoms. The van der Waals surface area contributed by atoms with Gasteiger partial charge in [0.2, 0.25) is 17.6 Å². The number of pyridine rings is 2. The smallest absolute Gasteiger partial charge is 0.275 e. The fourth-order valence-corrected chi connectivity index (χ4v) is 4.15. The van der Waals surface area contributed by atoms with Crippen LogP contribution in [0.25, 0.3) is 22.8 Å². The number of hydrogen-bond acceptors (Lipinski definition) is 8. The number of aromatic nitrogens is 6. The highest BCUT2D eigenvalue weighted by atomic mass is 35.5. The number of anilines is 1. The average molecular weight is 505 g/mol. The Balaban J connectivity index is 1.25. The second kappa shape index (κ2) is 10.1. The summed E-state index contributed by atoms with van der Waals surface area (Å²) in [5, 5.41) is 13.8. The minimum atomic E-state index is -0.425. The van der Waals surface area contributed by atoms with E-state index in [-0.39, 0.29) is 17.5 Å². The molecule has 0 spiro atoms. The van der Waals surface area contributed by atoms with Gasteiger partial charge < -0.3 is 14.7 Å². The van der Waals surface area contributed by atoms with Gasteiger partial charge in [0.1, 0.15) is 17.2 Å². The van der Waals surface area contributed by atoms with Crippen molar-refractivity contribution in [1.29, 1.82) is 0 Å². The van der Waals surface area contributed by atoms with Crippen molar-refractivity contribution in [2.24, 2.45) is 0 Å². The number of carbonyl (C=O) groups is 2. The SMILES string of the molecule is C=CC(=O)N1CCC[C@H](c2nc(-c3ccc(NC(=O)c4cccc(-c5[nH]ncc5Cl)n4)nc3)no2)C1. The standard InChI is InChI=1S/C24H21ClN8O3/c1-2-20(34)33-10-4-5-15(13-33)24-30-22(32-36-24)14-8-9-19(26-11-14)29-23(35)18-7-3-6-17(28-18)21-16(25)12-27-31-21/h2-3,6-9,11-12,15H,1,4-5,10,13H2,(H,27,31)(H,26,29,35)/t15-/m0/s1. The van der Waals surface area contributed by atoms with Gasteiger partial charge in [-0.1, -0.05) is 29.4 Å². The van der Waals surface area contributed by atoms with Crippen molar-refractivity contribution in [3.8, 4) is 22.8 Å². The molecule has 2 N–H and O–H groups in total. The third-order valence-electron chi connectivity index (χ3n) is 5.79. The summed E-state index contributed by atoms with van der Waals surface area (Å²) >= 11 is 6.09. The molecule has 0 aromatic carbocycles. The van der Waals surface area contributed by atoms with Gasteiger partial charge in [0.25, 0.3) is 5.91 Å². The lowest BCUT2D eigenvalue weighted by molar-refractivity contribution is -0.127. The summed E-state index contributed by atoms with van der Waals surface area (Å²) in [6, 6.07) is 8.40. The molecule has 5 heterocycles. The fraction of sp³-hybridized carbons (Fsp3) is 0.208. The molecule has 182 valence electrons. The molecule has 4 aromatic heterocycles. The first-order valence-corrected chi connectivity index (χ1v) is 11.6. The summed E-state index contributed by atoms with van der Waals surface area (Å²) in [6.45, 7) is 4.75. The third kappa shape index (κ3) is 4.86. The van der Waals surface area contributed by atoms with E-state index in [4.69, 9.17) is 16.1 Å². The molecular formula is C24H21ClN8O3. The first-order valence-electron chi connectivity index (χ1n) is 11.2. The molecule has 1 atom stereocenters. The summed E-state index contributed by atoms with van der Waals surface area (Å²) in [6.07, 6.45) is 6.04. The highest BCUT2D eigenvalue weighted by Gasteiger charge is 2.28. The molecule has 0 bridgehead atoms. The number of aromatic amines is 1. The van der Waals surface area contributed by atoms with Crippen LogP contribution in [0.2, 0.25) is 5.02 Å². The van der Waals surface area contributed by atoms with Crippen LogP contribution in [-0.2, 0) is 4.79 Å². The minimum Gasteiger partial charge on any atom is -0.339 e. The molecule has 4 aromatic rings. The molecular weight excluding hydrogens is 484 g/mol. The Hall–Kier alpha value is -4.38. The van der Waals surface area contributed by atoms with Gasteiger partial charge in [-0.25, -0.2) is 9.97 Å². The molecule has 1 saturated heterocycles. The van der Waals surface area contributed by atoms with E-state index >= 15 is 0 Å². The number of H-pyrrole nitrogens is 1. The van der Waals surface area contributed by atoms with E-state index < -0.39 is 5.91 Å². The molecule has 1 aliphatic rings. The Morgan fingerprint density at radius 3 is 2.86 bits per heavy atom. The highest BCUT2D eigenvalue weighted by Crippen LogP contribution is 2.28. The summed E-state index contributed by atoms with van der Waals surface area (Å²) in [4.78, 5) is 39.5. The maximum atomic E-state index is 12.7. The van der Waals surface area contributed by atoms with Crippen molar-refractivity contribution in [3.05, 3.63) is 72.0 Å². The number of nitrogens with one attached hydrogen (secondary N) is 2. The Morgan fingerprint density at radius 2 is 2.11 bits per heavy atom. The first-order chi connectivity index (χ1) is 17.5. The molecule has 1 fully saturated rings. The van der Waals surface area contributed by atoms with Crippen molar-refractivity contribution in [1.82, 2.24) is 35.2 Å². The number of likely N-dealkylation sites (tertiary alicyclic amines) is 1. The number of amides is 2. The number of nitrogens with zero attached hydrogens (tertiary/aromatic N) is 6. The molecule has 0 aliphatic carbocycles. The molecule has 0 radical (unpaired) electrons. The lowest BCUT2D eigenvalue weighted by atomic mass is 9.98. The second-order valence-electron chi connectivity index (χ2n) is 8.17. The molecule has 2 amide bonds. The zero-order valence-electron chi connectivity index (χ0n) is 19.0. The Kier molecular flexibility index (Phi) is 6.54. The van der Waals surface area contributed by atoms with Gasteiger partial charge >= 0.3 is 0 Å². The topological polar surface area (TPSA) is 143 Å². The van der Waals surface area contributed by atoms with E-state index in [1.54, 1.807) is 41.4 Å². The lowest BCUT2D eigenvalue weighted by Crippen LogP contribution is -2.38. The van der Waals surface area contributed by atoms with Crippen LogP contribution in [0.3, 0.4) is 0 Å². The van der Waals surface area contributed by atoms with Gasteiger partial charge in [0.05, 0.1) is 22.8 Å². The number of hydrogen-bond donors (Lipinski definition) is 2. The normalized spacial score (nSPS) is 15.5. The zero-order chi connectivity index (χ0) is 25.1. The molecule has 12 heteroatoms. The quantitative estimate of drug-likeness (QED) is 0.378. The van der Waals surface area contributed by atoms with Crippen molar-refractivity contribution in [2.75, 3.05) is 18.4 Å². The summed E-state index contributed by atoms with van der Waals surface area (Å²) in [5.74, 6) is 0.639. The van der Waals surface area contributed by atoms with Crippen molar-refractivity contribution in [3.63, 3.8) is 0 Å². The molecule has 1 aliphatic heterocycles. The number of piperidine rings is 1. The monoisotopic (exact) mass is 504 g/mol. The molecule has 11 nitrogen and oxygen atoms in total. The van der Waals surface area contributed by atoms with Crippen LogP contribution in [0, 0.1) is 0 Å². The second-order valence-corrected chi connectivity index (χ2v) is 8.58. The van der Waals surface area contributed by atoms with Gasteiger partial charge in [0.15, 0.2) is 0 Å². The largest absolute Gasteiger partial charge is 0.339 e. The summed E-state index contributed by atoms with van der Waals surface area (Å²) in [5.41, 5.74) is 1.85. The zero-order valence-corrected chi connectivity index (χ0v) is 19.8. The summed E-state index contributed by atoms with van der Waals surface area (Å²) in [7, 11) is 0. The Morgan fingerprint density at radius 1 is 1.22 bits per heavy atom. The van der Waals surface area contributed by atoms with Crippen molar-refractivity contribution >= 4 is 29.2 Å². The van der Waals surface area contributed by atoms with Crippen LogP contribution in [0.5, 0.6) is 0 Å². The van der Waals surface area contributed by atoms with Gasteiger partial charge in [0, 0.05) is 24.8 Å². The third-order valence-corrected chi connectivity index (χ3v) is 6.08. The van der Waals surface area contributed by atoms with E-state index in [1.165, 1.54) is 12.3 Å². The Bertz CT molecular complexity index is 1410. The predicted molar refractivity (Wildman–Crippen MR) is 131 cm³/mol. The van der Waals surface area contributed by atoms with Crippen molar-refractivity contribution < 1.29 is 14.1 Å². The van der Waals surface area contributed by atoms with E-state index in [1.807, 2.05) is 0 Å². The van der Waals surface area contributed by atoms with Crippen LogP contribution in [0.1, 0.15) is 35.1 Å².